The van der Waals surface area contributed by atoms with Gasteiger partial charge in [-0.05, 0) is 13.3 Å². The molecule has 4 heteroatoms. The Morgan fingerprint density at radius 2 is 1.88 bits per heavy atom. The SMILES string of the molecule is CCOC(=O)C=CCC(C)(C)COC(C)=O. The fourth-order valence-corrected chi connectivity index (χ4v) is 1.02. The summed E-state index contributed by atoms with van der Waals surface area (Å²) in [6.45, 7) is 7.79. The summed E-state index contributed by atoms with van der Waals surface area (Å²) in [6, 6.07) is 0. The quantitative estimate of drug-likeness (QED) is 0.516. The molecule has 0 bridgehead atoms. The van der Waals surface area contributed by atoms with Crippen LogP contribution in [0, 0.1) is 5.41 Å². The largest absolute Gasteiger partial charge is 0.465 e. The fraction of sp³-hybridized carbons (Fsp3) is 0.667. The third-order valence-electron chi connectivity index (χ3n) is 1.88. The normalized spacial score (nSPS) is 11.5. The molecule has 0 unspecified atom stereocenters. The lowest BCUT2D eigenvalue weighted by molar-refractivity contribution is -0.144. The average Bonchev–Trinajstić information content (AvgIpc) is 2.15. The number of hydrogen-bond donors (Lipinski definition) is 0. The number of rotatable bonds is 6. The van der Waals surface area contributed by atoms with Gasteiger partial charge in [0.15, 0.2) is 0 Å². The van der Waals surface area contributed by atoms with Crippen molar-refractivity contribution in [1.82, 2.24) is 0 Å². The van der Waals surface area contributed by atoms with Crippen LogP contribution in [0.3, 0.4) is 0 Å². The van der Waals surface area contributed by atoms with Crippen LogP contribution in [0.25, 0.3) is 0 Å². The van der Waals surface area contributed by atoms with Crippen LogP contribution in [0.4, 0.5) is 0 Å². The van der Waals surface area contributed by atoms with E-state index in [4.69, 9.17) is 9.47 Å². The van der Waals surface area contributed by atoms with E-state index in [9.17, 15) is 9.59 Å². The lowest BCUT2D eigenvalue weighted by Gasteiger charge is -2.21. The van der Waals surface area contributed by atoms with E-state index in [1.807, 2.05) is 13.8 Å². The second kappa shape index (κ2) is 7.04. The highest BCUT2D eigenvalue weighted by Crippen LogP contribution is 2.21. The third kappa shape index (κ3) is 8.03. The number of allylic oxidation sites excluding steroid dienone is 1. The van der Waals surface area contributed by atoms with Gasteiger partial charge in [0.25, 0.3) is 0 Å². The van der Waals surface area contributed by atoms with E-state index in [2.05, 4.69) is 0 Å². The van der Waals surface area contributed by atoms with Crippen molar-refractivity contribution < 1.29 is 19.1 Å². The molecule has 0 atom stereocenters. The van der Waals surface area contributed by atoms with Gasteiger partial charge in [0, 0.05) is 18.4 Å². The molecule has 0 fully saturated rings. The zero-order valence-electron chi connectivity index (χ0n) is 10.4. The summed E-state index contributed by atoms with van der Waals surface area (Å²) in [6.07, 6.45) is 3.79. The van der Waals surface area contributed by atoms with Gasteiger partial charge in [-0.2, -0.15) is 0 Å². The number of ether oxygens (including phenoxy) is 2. The Morgan fingerprint density at radius 3 is 2.38 bits per heavy atom. The van der Waals surface area contributed by atoms with Crippen molar-refractivity contribution in [2.24, 2.45) is 5.41 Å². The van der Waals surface area contributed by atoms with Gasteiger partial charge in [-0.25, -0.2) is 4.79 Å². The van der Waals surface area contributed by atoms with E-state index in [1.54, 1.807) is 13.0 Å². The fourth-order valence-electron chi connectivity index (χ4n) is 1.02. The molecular weight excluding hydrogens is 208 g/mol. The van der Waals surface area contributed by atoms with Gasteiger partial charge in [-0.15, -0.1) is 0 Å². The second-order valence-corrected chi connectivity index (χ2v) is 4.30. The van der Waals surface area contributed by atoms with E-state index >= 15 is 0 Å². The molecule has 92 valence electrons. The second-order valence-electron chi connectivity index (χ2n) is 4.30. The van der Waals surface area contributed by atoms with Gasteiger partial charge >= 0.3 is 11.9 Å². The third-order valence-corrected chi connectivity index (χ3v) is 1.88. The monoisotopic (exact) mass is 228 g/mol. The molecule has 0 rings (SSSR count). The van der Waals surface area contributed by atoms with Crippen LogP contribution in [-0.4, -0.2) is 25.2 Å². The Balaban J connectivity index is 3.97. The molecule has 0 aromatic rings. The van der Waals surface area contributed by atoms with Crippen LogP contribution in [0.1, 0.15) is 34.1 Å². The van der Waals surface area contributed by atoms with Crippen LogP contribution >= 0.6 is 0 Å². The van der Waals surface area contributed by atoms with Crippen molar-refractivity contribution in [2.45, 2.75) is 34.1 Å². The first-order valence-corrected chi connectivity index (χ1v) is 5.34. The zero-order valence-corrected chi connectivity index (χ0v) is 10.4. The maximum absolute atomic E-state index is 11.0. The summed E-state index contributed by atoms with van der Waals surface area (Å²) in [4.78, 5) is 21.6. The van der Waals surface area contributed by atoms with Gasteiger partial charge in [0.2, 0.25) is 0 Å². The van der Waals surface area contributed by atoms with Gasteiger partial charge in [-0.1, -0.05) is 19.9 Å². The Morgan fingerprint density at radius 1 is 1.25 bits per heavy atom. The van der Waals surface area contributed by atoms with Gasteiger partial charge < -0.3 is 9.47 Å². The molecule has 16 heavy (non-hydrogen) atoms. The Labute approximate surface area is 96.6 Å². The Kier molecular flexibility index (Phi) is 6.46. The first-order chi connectivity index (χ1) is 7.37. The molecule has 0 heterocycles. The van der Waals surface area contributed by atoms with Crippen molar-refractivity contribution in [2.75, 3.05) is 13.2 Å². The summed E-state index contributed by atoms with van der Waals surface area (Å²) in [7, 11) is 0. The molecule has 4 nitrogen and oxygen atoms in total. The van der Waals surface area contributed by atoms with Crippen molar-refractivity contribution in [3.8, 4) is 0 Å². The molecule has 0 spiro atoms. The zero-order chi connectivity index (χ0) is 12.6. The molecule has 0 aromatic carbocycles. The molecular formula is C12H20O4. The molecule has 0 N–H and O–H groups in total. The Hall–Kier alpha value is -1.32. The van der Waals surface area contributed by atoms with E-state index in [0.717, 1.165) is 0 Å². The average molecular weight is 228 g/mol. The molecule has 0 saturated carbocycles. The highest BCUT2D eigenvalue weighted by Gasteiger charge is 2.17. The number of hydrogen-bond acceptors (Lipinski definition) is 4. The van der Waals surface area contributed by atoms with Crippen molar-refractivity contribution in [3.05, 3.63) is 12.2 Å². The molecule has 0 amide bonds. The number of carbonyl (C=O) groups excluding carboxylic acids is 2. The molecule has 0 radical (unpaired) electrons. The van der Waals surface area contributed by atoms with Gasteiger partial charge in [-0.3, -0.25) is 4.79 Å². The summed E-state index contributed by atoms with van der Waals surface area (Å²) in [5.74, 6) is -0.631. The standard InChI is InChI=1S/C12H20O4/c1-5-15-11(14)7-6-8-12(3,4)9-16-10(2)13/h6-7H,5,8-9H2,1-4H3. The molecule has 0 aliphatic rings. The van der Waals surface area contributed by atoms with Crippen molar-refractivity contribution >= 4 is 11.9 Å². The summed E-state index contributed by atoms with van der Waals surface area (Å²) in [5, 5.41) is 0. The molecule has 0 aromatic heterocycles. The van der Waals surface area contributed by atoms with Gasteiger partial charge in [0.1, 0.15) is 0 Å². The van der Waals surface area contributed by atoms with Gasteiger partial charge in [0.05, 0.1) is 13.2 Å². The van der Waals surface area contributed by atoms with Crippen LogP contribution in [0.2, 0.25) is 0 Å². The highest BCUT2D eigenvalue weighted by molar-refractivity contribution is 5.81. The molecule has 0 saturated heterocycles. The highest BCUT2D eigenvalue weighted by atomic mass is 16.5. The minimum absolute atomic E-state index is 0.172. The first-order valence-electron chi connectivity index (χ1n) is 5.34. The van der Waals surface area contributed by atoms with E-state index in [0.29, 0.717) is 19.6 Å². The van der Waals surface area contributed by atoms with Crippen LogP contribution < -0.4 is 0 Å². The Bertz CT molecular complexity index is 266. The maximum atomic E-state index is 11.0. The molecule has 0 aliphatic carbocycles. The van der Waals surface area contributed by atoms with Crippen LogP contribution in [0.15, 0.2) is 12.2 Å². The van der Waals surface area contributed by atoms with Crippen LogP contribution in [-0.2, 0) is 19.1 Å². The van der Waals surface area contributed by atoms with Crippen molar-refractivity contribution in [1.29, 1.82) is 0 Å². The summed E-state index contributed by atoms with van der Waals surface area (Å²) < 4.78 is 9.67. The predicted molar refractivity (Wildman–Crippen MR) is 60.8 cm³/mol. The summed E-state index contributed by atoms with van der Waals surface area (Å²) in [5.41, 5.74) is -0.172. The van der Waals surface area contributed by atoms with E-state index in [-0.39, 0.29) is 17.4 Å². The number of esters is 2. The lowest BCUT2D eigenvalue weighted by atomic mass is 9.90. The van der Waals surface area contributed by atoms with Crippen molar-refractivity contribution in [3.63, 3.8) is 0 Å². The minimum atomic E-state index is -0.342. The summed E-state index contributed by atoms with van der Waals surface area (Å²) >= 11 is 0. The lowest BCUT2D eigenvalue weighted by Crippen LogP contribution is -2.20. The smallest absolute Gasteiger partial charge is 0.330 e. The topological polar surface area (TPSA) is 52.6 Å². The predicted octanol–water partition coefficient (Wildman–Crippen LogP) is 2.09. The minimum Gasteiger partial charge on any atom is -0.465 e. The van der Waals surface area contributed by atoms with E-state index in [1.165, 1.54) is 13.0 Å². The number of carbonyl (C=O) groups is 2. The van der Waals surface area contributed by atoms with Crippen LogP contribution in [0.5, 0.6) is 0 Å². The first kappa shape index (κ1) is 14.7. The molecule has 0 aliphatic heterocycles. The maximum Gasteiger partial charge on any atom is 0.330 e. The van der Waals surface area contributed by atoms with E-state index < -0.39 is 0 Å².